The molecule has 1 atom stereocenters. The highest BCUT2D eigenvalue weighted by atomic mass is 16.3. The van der Waals surface area contributed by atoms with E-state index in [-0.39, 0.29) is 0 Å². The van der Waals surface area contributed by atoms with E-state index in [2.05, 4.69) is 6.92 Å². The third-order valence-corrected chi connectivity index (χ3v) is 1.54. The van der Waals surface area contributed by atoms with E-state index in [4.69, 9.17) is 5.11 Å². The molecular weight excluding hydrogens is 100 g/mol. The van der Waals surface area contributed by atoms with E-state index in [1.807, 2.05) is 13.8 Å². The first kappa shape index (κ1) is 7.96. The van der Waals surface area contributed by atoms with E-state index < -0.39 is 0 Å². The fraction of sp³-hybridized carbons (Fsp3) is 0.857. The molecule has 0 saturated heterocycles. The maximum absolute atomic E-state index is 9.04. The second kappa shape index (κ2) is 3.90. The third kappa shape index (κ3) is 2.31. The van der Waals surface area contributed by atoms with Gasteiger partial charge in [0.05, 0.1) is 6.10 Å². The highest BCUT2D eigenvalue weighted by molar-refractivity contribution is 4.78. The van der Waals surface area contributed by atoms with Crippen LogP contribution < -0.4 is 0 Å². The predicted octanol–water partition coefficient (Wildman–Crippen LogP) is 2.35. The Morgan fingerprint density at radius 3 is 2.12 bits per heavy atom. The van der Waals surface area contributed by atoms with Gasteiger partial charge in [0.2, 0.25) is 0 Å². The van der Waals surface area contributed by atoms with Crippen molar-refractivity contribution in [1.82, 2.24) is 0 Å². The minimum atomic E-state index is 0.389. The summed E-state index contributed by atoms with van der Waals surface area (Å²) in [6, 6.07) is 0. The zero-order valence-corrected chi connectivity index (χ0v) is 5.94. The number of hydrogen-bond acceptors (Lipinski definition) is 1. The van der Waals surface area contributed by atoms with E-state index in [1.165, 1.54) is 0 Å². The molecule has 1 N–H and O–H groups in total. The second-order valence-electron chi connectivity index (χ2n) is 2.15. The van der Waals surface area contributed by atoms with Crippen LogP contribution in [0.2, 0.25) is 0 Å². The molecule has 49 valence electrons. The van der Waals surface area contributed by atoms with Gasteiger partial charge in [-0.1, -0.05) is 27.2 Å². The van der Waals surface area contributed by atoms with Crippen LogP contribution in [-0.4, -0.2) is 5.11 Å². The Bertz CT molecular complexity index is 44.3. The van der Waals surface area contributed by atoms with E-state index in [1.54, 1.807) is 0 Å². The summed E-state index contributed by atoms with van der Waals surface area (Å²) in [5.74, 6) is 0.389. The molecule has 0 heterocycles. The Hall–Kier alpha value is -0.0400. The van der Waals surface area contributed by atoms with E-state index in [0.717, 1.165) is 12.8 Å². The molecule has 0 aromatic heterocycles. The van der Waals surface area contributed by atoms with Crippen molar-refractivity contribution in [2.24, 2.45) is 5.92 Å². The largest absolute Gasteiger partial charge is 0.387 e. The van der Waals surface area contributed by atoms with Gasteiger partial charge in [-0.2, -0.15) is 0 Å². The average molecular weight is 115 g/mol. The summed E-state index contributed by atoms with van der Waals surface area (Å²) in [7, 11) is 0. The van der Waals surface area contributed by atoms with Gasteiger partial charge in [0, 0.05) is 0 Å². The first-order chi connectivity index (χ1) is 3.72. The zero-order valence-electron chi connectivity index (χ0n) is 5.94. The Kier molecular flexibility index (Phi) is 3.88. The summed E-state index contributed by atoms with van der Waals surface area (Å²) >= 11 is 0. The van der Waals surface area contributed by atoms with E-state index in [0.29, 0.717) is 12.0 Å². The highest BCUT2D eigenvalue weighted by Crippen LogP contribution is 2.16. The highest BCUT2D eigenvalue weighted by Gasteiger charge is 2.09. The van der Waals surface area contributed by atoms with Crippen molar-refractivity contribution < 1.29 is 5.11 Å². The van der Waals surface area contributed by atoms with Gasteiger partial charge >= 0.3 is 0 Å². The van der Waals surface area contributed by atoms with Crippen molar-refractivity contribution in [2.75, 3.05) is 0 Å². The normalized spacial score (nSPS) is 14.6. The summed E-state index contributed by atoms with van der Waals surface area (Å²) in [5.41, 5.74) is 0. The lowest BCUT2D eigenvalue weighted by Gasteiger charge is -2.12. The van der Waals surface area contributed by atoms with Crippen molar-refractivity contribution >= 4 is 0 Å². The Morgan fingerprint density at radius 1 is 1.50 bits per heavy atom. The van der Waals surface area contributed by atoms with Crippen molar-refractivity contribution in [3.8, 4) is 0 Å². The molecule has 1 radical (unpaired) electrons. The smallest absolute Gasteiger partial charge is 0.0958 e. The molecule has 0 aliphatic rings. The molecule has 1 unspecified atom stereocenters. The fourth-order valence-electron chi connectivity index (χ4n) is 0.584. The minimum Gasteiger partial charge on any atom is -0.387 e. The van der Waals surface area contributed by atoms with Gasteiger partial charge < -0.3 is 5.11 Å². The van der Waals surface area contributed by atoms with Crippen LogP contribution >= 0.6 is 0 Å². The molecule has 0 rings (SSSR count). The lowest BCUT2D eigenvalue weighted by Crippen LogP contribution is -2.05. The van der Waals surface area contributed by atoms with Gasteiger partial charge in [-0.15, -0.1) is 0 Å². The van der Waals surface area contributed by atoms with Crippen molar-refractivity contribution in [2.45, 2.75) is 33.6 Å². The SMILES string of the molecule is CC[C](O)C(C)CC. The summed E-state index contributed by atoms with van der Waals surface area (Å²) in [5, 5.41) is 9.04. The molecule has 1 nitrogen and oxygen atoms in total. The summed E-state index contributed by atoms with van der Waals surface area (Å²) < 4.78 is 0. The van der Waals surface area contributed by atoms with Crippen LogP contribution in [-0.2, 0) is 0 Å². The number of aliphatic hydroxyl groups excluding tert-OH is 1. The van der Waals surface area contributed by atoms with E-state index in [9.17, 15) is 0 Å². The fourth-order valence-corrected chi connectivity index (χ4v) is 0.584. The Morgan fingerprint density at radius 2 is 2.00 bits per heavy atom. The first-order valence-corrected chi connectivity index (χ1v) is 3.27. The molecule has 0 aromatic carbocycles. The predicted molar refractivity (Wildman–Crippen MR) is 34.9 cm³/mol. The molecule has 0 spiro atoms. The number of rotatable bonds is 3. The molecule has 1 heteroatoms. The van der Waals surface area contributed by atoms with Crippen molar-refractivity contribution in [3.05, 3.63) is 6.10 Å². The topological polar surface area (TPSA) is 20.2 Å². The molecule has 0 fully saturated rings. The van der Waals surface area contributed by atoms with Crippen molar-refractivity contribution in [1.29, 1.82) is 0 Å². The zero-order chi connectivity index (χ0) is 6.57. The van der Waals surface area contributed by atoms with Crippen LogP contribution in [0.25, 0.3) is 0 Å². The Labute approximate surface area is 51.7 Å². The second-order valence-corrected chi connectivity index (χ2v) is 2.15. The number of hydrogen-bond donors (Lipinski definition) is 1. The van der Waals surface area contributed by atoms with E-state index >= 15 is 0 Å². The van der Waals surface area contributed by atoms with Crippen molar-refractivity contribution in [3.63, 3.8) is 0 Å². The Balaban J connectivity index is 3.29. The molecule has 8 heavy (non-hydrogen) atoms. The van der Waals surface area contributed by atoms with Gasteiger partial charge in [-0.3, -0.25) is 0 Å². The lowest BCUT2D eigenvalue weighted by molar-refractivity contribution is 0.223. The number of aliphatic hydroxyl groups is 1. The van der Waals surface area contributed by atoms with Crippen LogP contribution in [0.5, 0.6) is 0 Å². The quantitative estimate of drug-likeness (QED) is 0.598. The van der Waals surface area contributed by atoms with Gasteiger partial charge in [-0.05, 0) is 12.3 Å². The molecule has 0 aliphatic carbocycles. The van der Waals surface area contributed by atoms with Crippen LogP contribution in [0.4, 0.5) is 0 Å². The maximum Gasteiger partial charge on any atom is 0.0958 e. The maximum atomic E-state index is 9.04. The van der Waals surface area contributed by atoms with Crippen LogP contribution in [0, 0.1) is 12.0 Å². The van der Waals surface area contributed by atoms with Crippen LogP contribution in [0.15, 0.2) is 0 Å². The summed E-state index contributed by atoms with van der Waals surface area (Å²) in [4.78, 5) is 0. The van der Waals surface area contributed by atoms with Crippen LogP contribution in [0.1, 0.15) is 33.6 Å². The molecule has 0 saturated carbocycles. The summed E-state index contributed by atoms with van der Waals surface area (Å²) in [6.45, 7) is 6.09. The van der Waals surface area contributed by atoms with Gasteiger partial charge in [-0.25, -0.2) is 0 Å². The third-order valence-electron chi connectivity index (χ3n) is 1.54. The summed E-state index contributed by atoms with van der Waals surface area (Å²) in [6.07, 6.45) is 2.47. The molecule has 0 aromatic rings. The average Bonchev–Trinajstić information content (AvgIpc) is 1.84. The van der Waals surface area contributed by atoms with Gasteiger partial charge in [0.25, 0.3) is 0 Å². The molecule has 0 amide bonds. The van der Waals surface area contributed by atoms with Gasteiger partial charge in [0.15, 0.2) is 0 Å². The molecule has 0 bridgehead atoms. The monoisotopic (exact) mass is 115 g/mol. The standard InChI is InChI=1S/C7H15O/c1-4-6(3)7(8)5-2/h6,8H,4-5H2,1-3H3. The first-order valence-electron chi connectivity index (χ1n) is 3.27. The van der Waals surface area contributed by atoms with Gasteiger partial charge in [0.1, 0.15) is 0 Å². The lowest BCUT2D eigenvalue weighted by atomic mass is 10.0. The minimum absolute atomic E-state index is 0.389. The molecule has 0 aliphatic heterocycles. The van der Waals surface area contributed by atoms with Crippen LogP contribution in [0.3, 0.4) is 0 Å². The molecular formula is C7H15O.